The Morgan fingerprint density at radius 3 is 2.66 bits per heavy atom. The summed E-state index contributed by atoms with van der Waals surface area (Å²) < 4.78 is 0. The van der Waals surface area contributed by atoms with Crippen LogP contribution in [-0.2, 0) is 9.59 Å². The molecule has 0 spiro atoms. The summed E-state index contributed by atoms with van der Waals surface area (Å²) in [5.41, 5.74) is 2.26. The molecule has 3 fully saturated rings. The van der Waals surface area contributed by atoms with Gasteiger partial charge in [0.2, 0.25) is 5.91 Å². The van der Waals surface area contributed by atoms with Gasteiger partial charge in [0.1, 0.15) is 0 Å². The van der Waals surface area contributed by atoms with Crippen molar-refractivity contribution >= 4 is 29.7 Å². The molecule has 2 heterocycles. The molecule has 0 aromatic heterocycles. The standard InChI is InChI=1S/C24H32N2O2S/c1-15-5-4-6-18(10-15)11-22-23(27)25-20-12-19(7-8-21(20)29-22)24(28)26-13-16(2)9-17(3)14-26/h4-6,10-11,16-17,19-21H,7-9,12-14H2,1-3H3,(H,25,27)/b22-11+. The Balaban J connectivity index is 1.41. The average Bonchev–Trinajstić information content (AvgIpc) is 2.67. The highest BCUT2D eigenvalue weighted by atomic mass is 32.2. The molecule has 3 aliphatic rings. The number of piperidine rings is 1. The lowest BCUT2D eigenvalue weighted by Crippen LogP contribution is -2.53. The van der Waals surface area contributed by atoms with Gasteiger partial charge in [-0.15, -0.1) is 11.8 Å². The van der Waals surface area contributed by atoms with E-state index >= 15 is 0 Å². The van der Waals surface area contributed by atoms with Crippen LogP contribution >= 0.6 is 11.8 Å². The first-order valence-electron chi connectivity index (χ1n) is 10.9. The smallest absolute Gasteiger partial charge is 0.257 e. The van der Waals surface area contributed by atoms with E-state index < -0.39 is 0 Å². The third-order valence-corrected chi connectivity index (χ3v) is 7.90. The predicted molar refractivity (Wildman–Crippen MR) is 119 cm³/mol. The van der Waals surface area contributed by atoms with E-state index in [0.29, 0.717) is 23.0 Å². The first-order valence-corrected chi connectivity index (χ1v) is 11.8. The van der Waals surface area contributed by atoms with Crippen molar-refractivity contribution in [1.29, 1.82) is 0 Å². The molecule has 156 valence electrons. The largest absolute Gasteiger partial charge is 0.348 e. The number of fused-ring (bicyclic) bond motifs is 1. The number of aryl methyl sites for hydroxylation is 1. The molecular weight excluding hydrogens is 380 g/mol. The van der Waals surface area contributed by atoms with Gasteiger partial charge in [0.25, 0.3) is 5.91 Å². The summed E-state index contributed by atoms with van der Waals surface area (Å²) in [5.74, 6) is 1.53. The fourth-order valence-corrected chi connectivity index (χ4v) is 6.52. The SMILES string of the molecule is Cc1cccc(/C=C2/SC3CCC(C(=O)N4CC(C)CC(C)C4)CC3NC2=O)c1. The van der Waals surface area contributed by atoms with Crippen LogP contribution in [0.5, 0.6) is 0 Å². The molecule has 0 bridgehead atoms. The van der Waals surface area contributed by atoms with Crippen LogP contribution in [0.15, 0.2) is 29.2 Å². The molecule has 4 rings (SSSR count). The number of likely N-dealkylation sites (tertiary alicyclic amines) is 1. The Labute approximate surface area is 178 Å². The Morgan fingerprint density at radius 2 is 1.93 bits per heavy atom. The molecular formula is C24H32N2O2S. The maximum Gasteiger partial charge on any atom is 0.257 e. The van der Waals surface area contributed by atoms with Crippen LogP contribution in [0.1, 0.15) is 50.7 Å². The first-order chi connectivity index (χ1) is 13.9. The van der Waals surface area contributed by atoms with Crippen LogP contribution in [-0.4, -0.2) is 41.1 Å². The van der Waals surface area contributed by atoms with Crippen LogP contribution in [0.4, 0.5) is 0 Å². The number of benzene rings is 1. The number of amides is 2. The summed E-state index contributed by atoms with van der Waals surface area (Å²) >= 11 is 1.70. The normalized spacial score (nSPS) is 33.9. The van der Waals surface area contributed by atoms with Gasteiger partial charge in [0.15, 0.2) is 0 Å². The molecule has 2 saturated heterocycles. The fourth-order valence-electron chi connectivity index (χ4n) is 5.23. The van der Waals surface area contributed by atoms with Gasteiger partial charge in [-0.25, -0.2) is 0 Å². The number of carbonyl (C=O) groups excluding carboxylic acids is 2. The first kappa shape index (κ1) is 20.5. The Hall–Kier alpha value is -1.75. The van der Waals surface area contributed by atoms with Gasteiger partial charge in [-0.1, -0.05) is 43.7 Å². The van der Waals surface area contributed by atoms with Gasteiger partial charge in [-0.3, -0.25) is 9.59 Å². The second-order valence-electron chi connectivity index (χ2n) is 9.36. The number of hydrogen-bond donors (Lipinski definition) is 1. The molecule has 4 nitrogen and oxygen atoms in total. The molecule has 1 N–H and O–H groups in total. The fraction of sp³-hybridized carbons (Fsp3) is 0.583. The van der Waals surface area contributed by atoms with Gasteiger partial charge in [-0.05, 0) is 56.1 Å². The molecule has 1 aliphatic carbocycles. The van der Waals surface area contributed by atoms with Crippen molar-refractivity contribution in [3.8, 4) is 0 Å². The van der Waals surface area contributed by atoms with E-state index in [2.05, 4.69) is 43.1 Å². The van der Waals surface area contributed by atoms with Crippen molar-refractivity contribution in [3.05, 3.63) is 40.3 Å². The summed E-state index contributed by atoms with van der Waals surface area (Å²) in [6.45, 7) is 8.32. The zero-order chi connectivity index (χ0) is 20.5. The maximum absolute atomic E-state index is 13.1. The lowest BCUT2D eigenvalue weighted by Gasteiger charge is -2.42. The van der Waals surface area contributed by atoms with Crippen LogP contribution in [0.3, 0.4) is 0 Å². The molecule has 5 atom stereocenters. The maximum atomic E-state index is 13.1. The number of nitrogens with zero attached hydrogens (tertiary/aromatic N) is 1. The molecule has 1 aromatic rings. The predicted octanol–water partition coefficient (Wildman–Crippen LogP) is 4.24. The van der Waals surface area contributed by atoms with Crippen LogP contribution < -0.4 is 5.32 Å². The van der Waals surface area contributed by atoms with Crippen LogP contribution in [0.2, 0.25) is 0 Å². The minimum atomic E-state index is 0.00562. The van der Waals surface area contributed by atoms with E-state index in [1.54, 1.807) is 11.8 Å². The second kappa shape index (κ2) is 8.55. The minimum absolute atomic E-state index is 0.00562. The van der Waals surface area contributed by atoms with E-state index in [-0.39, 0.29) is 17.9 Å². The lowest BCUT2D eigenvalue weighted by atomic mass is 9.83. The summed E-state index contributed by atoms with van der Waals surface area (Å²) in [7, 11) is 0. The Bertz CT molecular complexity index is 811. The molecule has 5 unspecified atom stereocenters. The van der Waals surface area contributed by atoms with Crippen molar-refractivity contribution < 1.29 is 9.59 Å². The van der Waals surface area contributed by atoms with Gasteiger partial charge >= 0.3 is 0 Å². The highest BCUT2D eigenvalue weighted by Crippen LogP contribution is 2.40. The molecule has 29 heavy (non-hydrogen) atoms. The molecule has 5 heteroatoms. The van der Waals surface area contributed by atoms with Crippen molar-refractivity contribution in [2.24, 2.45) is 17.8 Å². The number of hydrogen-bond acceptors (Lipinski definition) is 3. The summed E-state index contributed by atoms with van der Waals surface area (Å²) in [4.78, 5) is 28.7. The third-order valence-electron chi connectivity index (χ3n) is 6.48. The highest BCUT2D eigenvalue weighted by Gasteiger charge is 2.41. The van der Waals surface area contributed by atoms with Gasteiger partial charge in [0.05, 0.1) is 4.91 Å². The zero-order valence-corrected chi connectivity index (χ0v) is 18.5. The molecule has 2 aliphatic heterocycles. The second-order valence-corrected chi connectivity index (χ2v) is 10.6. The highest BCUT2D eigenvalue weighted by molar-refractivity contribution is 8.04. The van der Waals surface area contributed by atoms with E-state index in [1.165, 1.54) is 12.0 Å². The zero-order valence-electron chi connectivity index (χ0n) is 17.7. The third kappa shape index (κ3) is 4.71. The Morgan fingerprint density at radius 1 is 1.17 bits per heavy atom. The number of carbonyl (C=O) groups is 2. The van der Waals surface area contributed by atoms with Crippen molar-refractivity contribution in [2.45, 2.75) is 57.7 Å². The van der Waals surface area contributed by atoms with Crippen LogP contribution in [0, 0.1) is 24.7 Å². The molecule has 1 saturated carbocycles. The summed E-state index contributed by atoms with van der Waals surface area (Å²) in [6.07, 6.45) is 5.90. The minimum Gasteiger partial charge on any atom is -0.348 e. The van der Waals surface area contributed by atoms with E-state index in [4.69, 9.17) is 0 Å². The van der Waals surface area contributed by atoms with E-state index in [1.807, 2.05) is 18.2 Å². The molecule has 1 aromatic carbocycles. The lowest BCUT2D eigenvalue weighted by molar-refractivity contribution is -0.139. The number of rotatable bonds is 2. The molecule has 0 radical (unpaired) electrons. The Kier molecular flexibility index (Phi) is 6.05. The van der Waals surface area contributed by atoms with Crippen molar-refractivity contribution in [1.82, 2.24) is 10.2 Å². The summed E-state index contributed by atoms with van der Waals surface area (Å²) in [5, 5.41) is 3.58. The van der Waals surface area contributed by atoms with Crippen molar-refractivity contribution in [2.75, 3.05) is 13.1 Å². The van der Waals surface area contributed by atoms with Crippen LogP contribution in [0.25, 0.3) is 6.08 Å². The molecule has 2 amide bonds. The van der Waals surface area contributed by atoms with Crippen molar-refractivity contribution in [3.63, 3.8) is 0 Å². The summed E-state index contributed by atoms with van der Waals surface area (Å²) in [6, 6.07) is 8.33. The van der Waals surface area contributed by atoms with Gasteiger partial charge in [0, 0.05) is 30.3 Å². The van der Waals surface area contributed by atoms with E-state index in [9.17, 15) is 9.59 Å². The van der Waals surface area contributed by atoms with Gasteiger partial charge < -0.3 is 10.2 Å². The van der Waals surface area contributed by atoms with E-state index in [0.717, 1.165) is 42.8 Å². The monoisotopic (exact) mass is 412 g/mol. The quantitative estimate of drug-likeness (QED) is 0.739. The number of nitrogens with one attached hydrogen (secondary N) is 1. The van der Waals surface area contributed by atoms with Gasteiger partial charge in [-0.2, -0.15) is 0 Å². The average molecular weight is 413 g/mol. The topological polar surface area (TPSA) is 49.4 Å². The number of thioether (sulfide) groups is 1.